The summed E-state index contributed by atoms with van der Waals surface area (Å²) < 4.78 is 137. The first-order valence-electron chi connectivity index (χ1n) is 10.3. The standard InChI is InChI=1S/C14H28O6.4Na.4H2O4S.4H/c1-3-5-9(6-4-2)8-19-13-12(17)11(16)10(7-15)20-14(13)18;;;;;4*1-5(2,3)4;;;;/h9-18H,3-8H2,1-2H3;;;;;4*(H2,1,2,3,4);;;;/t10-,11+,12+,13-,14-;;;;;;;;;;;;/m1............/s1. The van der Waals surface area contributed by atoms with Gasteiger partial charge in [-0.25, -0.2) is 0 Å². The normalized spacial score (nSPS) is 21.0. The molecule has 5 atom stereocenters. The van der Waals surface area contributed by atoms with Crippen LogP contribution in [0.2, 0.25) is 0 Å². The van der Waals surface area contributed by atoms with Gasteiger partial charge in [-0.05, 0) is 18.8 Å². The minimum absolute atomic E-state index is 0. The second-order valence-corrected chi connectivity index (χ2v) is 10.8. The average Bonchev–Trinajstić information content (AvgIpc) is 2.66. The Morgan fingerprint density at radius 1 is 0.614 bits per heavy atom. The third-order valence-electron chi connectivity index (χ3n) is 3.76. The maximum atomic E-state index is 9.96. The van der Waals surface area contributed by atoms with Crippen LogP contribution in [0.3, 0.4) is 0 Å². The molecule has 0 amide bonds. The summed E-state index contributed by atoms with van der Waals surface area (Å²) in [5, 5.41) is 38.5. The van der Waals surface area contributed by atoms with Crippen LogP contribution in [-0.4, -0.2) is 253 Å². The van der Waals surface area contributed by atoms with E-state index in [4.69, 9.17) is 84.7 Å². The van der Waals surface area contributed by atoms with Crippen LogP contribution in [0.1, 0.15) is 39.5 Å². The summed E-state index contributed by atoms with van der Waals surface area (Å²) in [7, 11) is -18.7. The van der Waals surface area contributed by atoms with Gasteiger partial charge in [0.1, 0.15) is 24.4 Å². The van der Waals surface area contributed by atoms with E-state index in [0.29, 0.717) is 12.5 Å². The van der Waals surface area contributed by atoms with E-state index >= 15 is 0 Å². The molecule has 0 saturated carbocycles. The van der Waals surface area contributed by atoms with E-state index in [1.54, 1.807) is 0 Å². The van der Waals surface area contributed by atoms with Crippen molar-refractivity contribution in [3.63, 3.8) is 0 Å². The molecule has 0 aromatic carbocycles. The molecule has 1 rings (SSSR count). The van der Waals surface area contributed by atoms with Gasteiger partial charge in [-0.15, -0.1) is 0 Å². The van der Waals surface area contributed by atoms with E-state index in [1.165, 1.54) is 0 Å². The quantitative estimate of drug-likeness (QED) is 0.0809. The first kappa shape index (κ1) is 65.6. The number of hydrogen-bond acceptors (Lipinski definition) is 14. The number of hydrogen-bond donors (Lipinski definition) is 12. The van der Waals surface area contributed by atoms with Crippen LogP contribution in [0.4, 0.5) is 0 Å². The fraction of sp³-hybridized carbons (Fsp3) is 1.00. The van der Waals surface area contributed by atoms with E-state index < -0.39 is 78.9 Å². The molecule has 30 heteroatoms. The zero-order chi connectivity index (χ0) is 33.1. The van der Waals surface area contributed by atoms with Crippen molar-refractivity contribution in [3.8, 4) is 0 Å². The van der Waals surface area contributed by atoms with Gasteiger partial charge in [-0.2, -0.15) is 33.7 Å². The molecule has 1 aliphatic rings. The molecule has 12 N–H and O–H groups in total. The zero-order valence-corrected chi connectivity index (χ0v) is 24.1. The minimum atomic E-state index is -4.67. The van der Waals surface area contributed by atoms with Gasteiger partial charge in [0, 0.05) is 0 Å². The summed E-state index contributed by atoms with van der Waals surface area (Å²) in [5.41, 5.74) is 0. The summed E-state index contributed by atoms with van der Waals surface area (Å²) in [6, 6.07) is 0. The molecule has 1 heterocycles. The van der Waals surface area contributed by atoms with Crippen LogP contribution in [0, 0.1) is 5.92 Å². The van der Waals surface area contributed by atoms with Crippen molar-refractivity contribution >= 4 is 160 Å². The Hall–Kier alpha value is 3.24. The zero-order valence-electron chi connectivity index (χ0n) is 20.8. The van der Waals surface area contributed by atoms with E-state index in [0.717, 1.165) is 25.7 Å². The van der Waals surface area contributed by atoms with Crippen molar-refractivity contribution in [1.82, 2.24) is 0 Å². The molecule has 44 heavy (non-hydrogen) atoms. The SMILES string of the molecule is CCCC(CCC)CO[C@@H]1[C@@H](O)[C@@H](O)[C@@H](CO)O[C@H]1O.O=S(=O)(O)O.O=S(=O)(O)O.O=S(=O)(O)O.O=S(=O)(O)O.[NaH].[NaH].[NaH].[NaH]. The molecule has 0 aromatic heterocycles. The number of aliphatic hydroxyl groups is 4. The molecule has 0 aromatic rings. The Balaban J connectivity index is -0.0000000746. The number of rotatable bonds is 8. The first-order chi connectivity index (χ1) is 17.5. The van der Waals surface area contributed by atoms with Crippen molar-refractivity contribution in [2.45, 2.75) is 70.2 Å². The second kappa shape index (κ2) is 33.4. The van der Waals surface area contributed by atoms with Crippen molar-refractivity contribution in [2.75, 3.05) is 13.2 Å². The summed E-state index contributed by atoms with van der Waals surface area (Å²) in [6.45, 7) is 4.16. The maximum absolute atomic E-state index is 9.96. The van der Waals surface area contributed by atoms with Crippen molar-refractivity contribution in [1.29, 1.82) is 0 Å². The van der Waals surface area contributed by atoms with Crippen LogP contribution >= 0.6 is 0 Å². The van der Waals surface area contributed by atoms with Crippen molar-refractivity contribution in [3.05, 3.63) is 0 Å². The fourth-order valence-corrected chi connectivity index (χ4v) is 2.63. The van der Waals surface area contributed by atoms with Gasteiger partial charge in [0.2, 0.25) is 0 Å². The molecule has 0 unspecified atom stereocenters. The van der Waals surface area contributed by atoms with E-state index in [1.807, 2.05) is 0 Å². The van der Waals surface area contributed by atoms with Gasteiger partial charge in [0.05, 0.1) is 13.2 Å². The summed E-state index contributed by atoms with van der Waals surface area (Å²) in [4.78, 5) is 0. The van der Waals surface area contributed by atoms with Crippen LogP contribution in [-0.2, 0) is 51.1 Å². The molecule has 0 aliphatic carbocycles. The summed E-state index contributed by atoms with van der Waals surface area (Å²) in [6.07, 6.45) is -1.68. The monoisotopic (exact) mass is 780 g/mol. The molecule has 1 fully saturated rings. The molecular formula is C14H40Na4O22S4. The number of ether oxygens (including phenoxy) is 2. The average molecular weight is 781 g/mol. The fourth-order valence-electron chi connectivity index (χ4n) is 2.63. The third kappa shape index (κ3) is 67.4. The summed E-state index contributed by atoms with van der Waals surface area (Å²) in [5.74, 6) is 0.372. The molecule has 0 radical (unpaired) electrons. The van der Waals surface area contributed by atoms with E-state index in [9.17, 15) is 15.3 Å². The second-order valence-electron chi connectivity index (χ2n) is 7.26. The third-order valence-corrected chi connectivity index (χ3v) is 3.76. The van der Waals surface area contributed by atoms with E-state index in [-0.39, 0.29) is 118 Å². The molecular weight excluding hydrogens is 740 g/mol. The van der Waals surface area contributed by atoms with Crippen LogP contribution < -0.4 is 0 Å². The Kier molecular flexibility index (Phi) is 49.8. The Bertz CT molecular complexity index is 916. The van der Waals surface area contributed by atoms with Crippen molar-refractivity contribution in [2.24, 2.45) is 5.92 Å². The van der Waals surface area contributed by atoms with Gasteiger partial charge in [-0.1, -0.05) is 26.7 Å². The first-order valence-corrected chi connectivity index (χ1v) is 15.8. The topological polar surface area (TPSA) is 398 Å². The van der Waals surface area contributed by atoms with Gasteiger partial charge in [-0.3, -0.25) is 36.4 Å². The Labute approximate surface area is 344 Å². The summed E-state index contributed by atoms with van der Waals surface area (Å²) >= 11 is 0. The molecule has 0 bridgehead atoms. The molecule has 1 aliphatic heterocycles. The van der Waals surface area contributed by atoms with Crippen LogP contribution in [0.5, 0.6) is 0 Å². The van der Waals surface area contributed by atoms with Gasteiger partial charge in [0.25, 0.3) is 0 Å². The molecule has 1 saturated heterocycles. The molecule has 22 nitrogen and oxygen atoms in total. The number of aliphatic hydroxyl groups excluding tert-OH is 4. The van der Waals surface area contributed by atoms with Gasteiger partial charge in [0.15, 0.2) is 6.29 Å². The predicted molar refractivity (Wildman–Crippen MR) is 158 cm³/mol. The predicted octanol–water partition coefficient (Wildman–Crippen LogP) is -5.19. The van der Waals surface area contributed by atoms with E-state index in [2.05, 4.69) is 13.8 Å². The Morgan fingerprint density at radius 2 is 0.886 bits per heavy atom. The molecule has 0 spiro atoms. The van der Waals surface area contributed by atoms with Gasteiger partial charge >= 0.3 is 160 Å². The van der Waals surface area contributed by atoms with Gasteiger partial charge < -0.3 is 29.9 Å². The Morgan fingerprint density at radius 3 is 1.11 bits per heavy atom. The van der Waals surface area contributed by atoms with Crippen LogP contribution in [0.15, 0.2) is 0 Å². The van der Waals surface area contributed by atoms with Crippen LogP contribution in [0.25, 0.3) is 0 Å². The molecule has 256 valence electrons. The van der Waals surface area contributed by atoms with Crippen molar-refractivity contribution < 1.29 is 100.0 Å².